The average Bonchev–Trinajstić information content (AvgIpc) is 1.64. The second-order valence-corrected chi connectivity index (χ2v) is 2.09. The van der Waals surface area contributed by atoms with Gasteiger partial charge in [-0.25, -0.2) is 5.84 Å². The number of nitrogens with zero attached hydrogens (tertiary/aromatic N) is 1. The molecular formula is C5H13N3. The van der Waals surface area contributed by atoms with Gasteiger partial charge in [-0.15, -0.1) is 0 Å². The Balaban J connectivity index is 3.64. The Bertz CT molecular complexity index is 87.7. The van der Waals surface area contributed by atoms with Crippen LogP contribution in [0.4, 0.5) is 0 Å². The third kappa shape index (κ3) is 1.93. The molecular weight excluding hydrogens is 102 g/mol. The monoisotopic (exact) mass is 115 g/mol. The molecule has 0 aromatic carbocycles. The van der Waals surface area contributed by atoms with Gasteiger partial charge in [-0.2, -0.15) is 0 Å². The lowest BCUT2D eigenvalue weighted by Gasteiger charge is -2.20. The minimum absolute atomic E-state index is 0.229. The zero-order chi connectivity index (χ0) is 6.73. The molecule has 8 heavy (non-hydrogen) atoms. The van der Waals surface area contributed by atoms with E-state index in [1.165, 1.54) is 5.01 Å². The van der Waals surface area contributed by atoms with Crippen molar-refractivity contribution in [1.82, 2.24) is 5.01 Å². The molecule has 0 aliphatic heterocycles. The van der Waals surface area contributed by atoms with Gasteiger partial charge in [0, 0.05) is 6.04 Å². The number of hydrogen-bond acceptors (Lipinski definition) is 2. The summed E-state index contributed by atoms with van der Waals surface area (Å²) in [5.41, 5.74) is 0. The van der Waals surface area contributed by atoms with Crippen molar-refractivity contribution in [2.45, 2.75) is 26.8 Å². The molecule has 0 aliphatic rings. The topological polar surface area (TPSA) is 53.1 Å². The summed E-state index contributed by atoms with van der Waals surface area (Å²) in [4.78, 5) is 0. The Morgan fingerprint density at radius 2 is 2.00 bits per heavy atom. The quantitative estimate of drug-likeness (QED) is 0.227. The maximum absolute atomic E-state index is 7.03. The molecule has 0 aromatic heterocycles. The van der Waals surface area contributed by atoms with Crippen LogP contribution in [-0.2, 0) is 0 Å². The molecule has 0 aromatic rings. The second-order valence-electron chi connectivity index (χ2n) is 2.09. The van der Waals surface area contributed by atoms with Gasteiger partial charge in [0.15, 0.2) is 0 Å². The van der Waals surface area contributed by atoms with Crippen molar-refractivity contribution in [3.8, 4) is 0 Å². The van der Waals surface area contributed by atoms with Crippen molar-refractivity contribution in [2.24, 2.45) is 5.84 Å². The van der Waals surface area contributed by atoms with Gasteiger partial charge in [0.05, 0.1) is 0 Å². The predicted octanol–water partition coefficient (Wildman–Crippen LogP) is 0.568. The first-order chi connectivity index (χ1) is 3.55. The summed E-state index contributed by atoms with van der Waals surface area (Å²) in [7, 11) is 0. The van der Waals surface area contributed by atoms with E-state index in [1.54, 1.807) is 6.92 Å². The van der Waals surface area contributed by atoms with Crippen molar-refractivity contribution >= 4 is 5.84 Å². The third-order valence-corrected chi connectivity index (χ3v) is 0.944. The van der Waals surface area contributed by atoms with E-state index in [4.69, 9.17) is 11.3 Å². The van der Waals surface area contributed by atoms with Crippen molar-refractivity contribution < 1.29 is 0 Å². The smallest absolute Gasteiger partial charge is 0.107 e. The van der Waals surface area contributed by atoms with Crippen LogP contribution < -0.4 is 5.84 Å². The molecule has 3 N–H and O–H groups in total. The van der Waals surface area contributed by atoms with Crippen LogP contribution in [0.3, 0.4) is 0 Å². The van der Waals surface area contributed by atoms with E-state index >= 15 is 0 Å². The summed E-state index contributed by atoms with van der Waals surface area (Å²) >= 11 is 0. The highest BCUT2D eigenvalue weighted by Crippen LogP contribution is 1.88. The number of rotatable bonds is 1. The fraction of sp³-hybridized carbons (Fsp3) is 0.800. The molecule has 0 radical (unpaired) electrons. The lowest BCUT2D eigenvalue weighted by molar-refractivity contribution is 0.359. The van der Waals surface area contributed by atoms with Gasteiger partial charge < -0.3 is 0 Å². The minimum atomic E-state index is 0.229. The highest BCUT2D eigenvalue weighted by atomic mass is 15.4. The van der Waals surface area contributed by atoms with Crippen LogP contribution in [0.2, 0.25) is 0 Å². The first kappa shape index (κ1) is 7.43. The van der Waals surface area contributed by atoms with Gasteiger partial charge >= 0.3 is 0 Å². The Labute approximate surface area is 50.0 Å². The summed E-state index contributed by atoms with van der Waals surface area (Å²) < 4.78 is 0. The van der Waals surface area contributed by atoms with Crippen LogP contribution in [0, 0.1) is 5.41 Å². The maximum atomic E-state index is 7.03. The van der Waals surface area contributed by atoms with Gasteiger partial charge in [0.1, 0.15) is 5.84 Å². The molecule has 0 bridgehead atoms. The van der Waals surface area contributed by atoms with Crippen molar-refractivity contribution in [3.63, 3.8) is 0 Å². The third-order valence-electron chi connectivity index (χ3n) is 0.944. The van der Waals surface area contributed by atoms with Gasteiger partial charge in [-0.3, -0.25) is 10.4 Å². The molecule has 48 valence electrons. The molecule has 3 heteroatoms. The van der Waals surface area contributed by atoms with Gasteiger partial charge in [-0.1, -0.05) is 0 Å². The molecule has 0 saturated carbocycles. The first-order valence-corrected chi connectivity index (χ1v) is 2.64. The van der Waals surface area contributed by atoms with E-state index in [0.29, 0.717) is 5.84 Å². The molecule has 3 nitrogen and oxygen atoms in total. The molecule has 0 unspecified atom stereocenters. The van der Waals surface area contributed by atoms with E-state index in [-0.39, 0.29) is 6.04 Å². The molecule has 0 aliphatic carbocycles. The zero-order valence-electron chi connectivity index (χ0n) is 5.60. The molecule has 0 rings (SSSR count). The van der Waals surface area contributed by atoms with Gasteiger partial charge in [-0.05, 0) is 20.8 Å². The first-order valence-electron chi connectivity index (χ1n) is 2.64. The molecule has 0 fully saturated rings. The zero-order valence-corrected chi connectivity index (χ0v) is 5.60. The Morgan fingerprint density at radius 1 is 1.62 bits per heavy atom. The van der Waals surface area contributed by atoms with Crippen LogP contribution in [0.5, 0.6) is 0 Å². The molecule has 0 atom stereocenters. The van der Waals surface area contributed by atoms with Crippen LogP contribution in [-0.4, -0.2) is 16.9 Å². The number of hydrazine groups is 1. The maximum Gasteiger partial charge on any atom is 0.107 e. The van der Waals surface area contributed by atoms with E-state index < -0.39 is 0 Å². The van der Waals surface area contributed by atoms with E-state index in [1.807, 2.05) is 13.8 Å². The van der Waals surface area contributed by atoms with Crippen LogP contribution >= 0.6 is 0 Å². The summed E-state index contributed by atoms with van der Waals surface area (Å²) in [6.07, 6.45) is 0. The van der Waals surface area contributed by atoms with Crippen molar-refractivity contribution in [2.75, 3.05) is 0 Å². The molecule has 0 heterocycles. The molecule has 0 amide bonds. The Morgan fingerprint density at radius 3 is 2.00 bits per heavy atom. The fourth-order valence-corrected chi connectivity index (χ4v) is 0.387. The normalized spacial score (nSPS) is 9.62. The number of hydrogen-bond donors (Lipinski definition) is 2. The Kier molecular flexibility index (Phi) is 2.48. The van der Waals surface area contributed by atoms with Gasteiger partial charge in [0.25, 0.3) is 0 Å². The second kappa shape index (κ2) is 2.67. The van der Waals surface area contributed by atoms with Gasteiger partial charge in [0.2, 0.25) is 0 Å². The standard InChI is InChI=1S/C5H13N3/c1-4(2)8(7)5(3)6/h4,6H,7H2,1-3H3. The van der Waals surface area contributed by atoms with E-state index in [0.717, 1.165) is 0 Å². The lowest BCUT2D eigenvalue weighted by Crippen LogP contribution is -2.40. The van der Waals surface area contributed by atoms with E-state index in [9.17, 15) is 0 Å². The number of amidine groups is 1. The summed E-state index contributed by atoms with van der Waals surface area (Å²) in [6.45, 7) is 5.55. The predicted molar refractivity (Wildman–Crippen MR) is 34.6 cm³/mol. The van der Waals surface area contributed by atoms with Crippen LogP contribution in [0.25, 0.3) is 0 Å². The van der Waals surface area contributed by atoms with Crippen molar-refractivity contribution in [3.05, 3.63) is 0 Å². The fourth-order valence-electron chi connectivity index (χ4n) is 0.387. The molecule has 0 saturated heterocycles. The van der Waals surface area contributed by atoms with Crippen LogP contribution in [0.1, 0.15) is 20.8 Å². The van der Waals surface area contributed by atoms with Crippen LogP contribution in [0.15, 0.2) is 0 Å². The summed E-state index contributed by atoms with van der Waals surface area (Å²) in [5, 5.41) is 8.45. The number of nitrogens with one attached hydrogen (secondary N) is 1. The number of nitrogens with two attached hydrogens (primary N) is 1. The summed E-state index contributed by atoms with van der Waals surface area (Å²) in [6, 6.07) is 0.229. The highest BCUT2D eigenvalue weighted by molar-refractivity contribution is 5.75. The summed E-state index contributed by atoms with van der Waals surface area (Å²) in [5.74, 6) is 5.77. The van der Waals surface area contributed by atoms with Crippen molar-refractivity contribution in [1.29, 1.82) is 5.41 Å². The Hall–Kier alpha value is -0.570. The average molecular weight is 115 g/mol. The minimum Gasteiger partial charge on any atom is -0.297 e. The SMILES string of the molecule is CC(=N)N(N)C(C)C. The largest absolute Gasteiger partial charge is 0.297 e. The lowest BCUT2D eigenvalue weighted by atomic mass is 10.4. The highest BCUT2D eigenvalue weighted by Gasteiger charge is 2.01. The molecule has 0 spiro atoms. The van der Waals surface area contributed by atoms with E-state index in [2.05, 4.69) is 0 Å².